The van der Waals surface area contributed by atoms with E-state index in [0.717, 1.165) is 26.7 Å². The molecule has 0 aromatic heterocycles. The van der Waals surface area contributed by atoms with Gasteiger partial charge in [0.2, 0.25) is 6.29 Å². The first kappa shape index (κ1) is 33.1. The molecule has 0 bridgehead atoms. The summed E-state index contributed by atoms with van der Waals surface area (Å²) in [5, 5.41) is 0. The third-order valence-corrected chi connectivity index (χ3v) is 8.44. The molecule has 0 radical (unpaired) electrons. The summed E-state index contributed by atoms with van der Waals surface area (Å²) in [5.41, 5.74) is 4.21. The molecular formula is C40H39BrO6. The minimum atomic E-state index is -0.803. The van der Waals surface area contributed by atoms with E-state index in [2.05, 4.69) is 28.1 Å². The largest absolute Gasteiger partial charge is 0.462 e. The Labute approximate surface area is 285 Å². The molecule has 1 aliphatic rings. The van der Waals surface area contributed by atoms with E-state index in [4.69, 9.17) is 28.4 Å². The monoisotopic (exact) mass is 694 g/mol. The Bertz CT molecular complexity index is 1590. The molecule has 6 rings (SSSR count). The molecule has 0 unspecified atom stereocenters. The first-order chi connectivity index (χ1) is 23.2. The molecule has 0 spiro atoms. The lowest BCUT2D eigenvalue weighted by molar-refractivity contribution is -0.310. The van der Waals surface area contributed by atoms with Gasteiger partial charge in [-0.2, -0.15) is 0 Å². The third-order valence-electron chi connectivity index (χ3n) is 7.91. The second-order valence-corrected chi connectivity index (χ2v) is 12.3. The van der Waals surface area contributed by atoms with Crippen LogP contribution in [0.1, 0.15) is 22.3 Å². The number of benzene rings is 5. The van der Waals surface area contributed by atoms with Gasteiger partial charge in [0.25, 0.3) is 0 Å². The summed E-state index contributed by atoms with van der Waals surface area (Å²) in [6, 6.07) is 48.1. The zero-order chi connectivity index (χ0) is 32.1. The van der Waals surface area contributed by atoms with Crippen LogP contribution in [0.5, 0.6) is 5.75 Å². The summed E-state index contributed by atoms with van der Waals surface area (Å²) < 4.78 is 40.7. The van der Waals surface area contributed by atoms with Gasteiger partial charge in [0.1, 0.15) is 30.2 Å². The summed E-state index contributed by atoms with van der Waals surface area (Å²) in [5.74, 6) is 0.654. The van der Waals surface area contributed by atoms with Crippen LogP contribution >= 0.6 is 15.9 Å². The summed E-state index contributed by atoms with van der Waals surface area (Å²) >= 11 is 3.52. The van der Waals surface area contributed by atoms with Crippen molar-refractivity contribution in [3.63, 3.8) is 0 Å². The fourth-order valence-electron chi connectivity index (χ4n) is 5.49. The Hall–Kier alpha value is -3.82. The quantitative estimate of drug-likeness (QED) is 0.110. The maximum atomic E-state index is 6.78. The highest BCUT2D eigenvalue weighted by Gasteiger charge is 2.49. The lowest BCUT2D eigenvalue weighted by atomic mass is 9.97. The standard InChI is InChI=1S/C40H39BrO6/c41-34-21-23-35(24-22-34)46-40-39(45-28-33-19-11-4-12-20-33)38(44-27-32-17-9-3-10-18-32)37(43-26-31-15-7-2-8-16-31)36(47-40)29-42-25-30-13-5-1-6-14-30/h1-24,36-40H,25-29H2/t36-,37+,38+,39-,40-/m1/s1. The highest BCUT2D eigenvalue weighted by Crippen LogP contribution is 2.33. The SMILES string of the molecule is Brc1ccc(O[C@@H]2O[C@H](COCc3ccccc3)[C@H](OCc3ccccc3)[C@H](OCc3ccccc3)[C@H]2OCc2ccccc2)cc1. The van der Waals surface area contributed by atoms with Crippen molar-refractivity contribution in [2.75, 3.05) is 6.61 Å². The molecule has 5 atom stereocenters. The normalized spacial score (nSPS) is 20.9. The van der Waals surface area contributed by atoms with Crippen molar-refractivity contribution in [1.29, 1.82) is 0 Å². The lowest BCUT2D eigenvalue weighted by Crippen LogP contribution is -2.62. The number of hydrogen-bond acceptors (Lipinski definition) is 6. The highest BCUT2D eigenvalue weighted by atomic mass is 79.9. The number of ether oxygens (including phenoxy) is 6. The number of rotatable bonds is 15. The summed E-state index contributed by atoms with van der Waals surface area (Å²) in [6.07, 6.45) is -3.03. The fraction of sp³-hybridized carbons (Fsp3) is 0.250. The van der Waals surface area contributed by atoms with E-state index in [1.54, 1.807) is 0 Å². The van der Waals surface area contributed by atoms with E-state index in [0.29, 0.717) is 32.2 Å². The van der Waals surface area contributed by atoms with Crippen LogP contribution in [0.2, 0.25) is 0 Å². The van der Waals surface area contributed by atoms with Gasteiger partial charge in [-0.15, -0.1) is 0 Å². The second kappa shape index (κ2) is 17.4. The smallest absolute Gasteiger partial charge is 0.229 e. The summed E-state index contributed by atoms with van der Waals surface area (Å²) in [6.45, 7) is 1.79. The van der Waals surface area contributed by atoms with E-state index in [9.17, 15) is 0 Å². The van der Waals surface area contributed by atoms with E-state index in [1.807, 2.05) is 133 Å². The van der Waals surface area contributed by atoms with Crippen LogP contribution in [0, 0.1) is 0 Å². The van der Waals surface area contributed by atoms with Crippen LogP contribution in [0.25, 0.3) is 0 Å². The third kappa shape index (κ3) is 9.84. The predicted molar refractivity (Wildman–Crippen MR) is 185 cm³/mol. The van der Waals surface area contributed by atoms with Crippen LogP contribution in [0.4, 0.5) is 0 Å². The van der Waals surface area contributed by atoms with E-state index in [1.165, 1.54) is 0 Å². The maximum Gasteiger partial charge on any atom is 0.229 e. The molecule has 1 aliphatic heterocycles. The van der Waals surface area contributed by atoms with Crippen LogP contribution in [0.3, 0.4) is 0 Å². The predicted octanol–water partition coefficient (Wildman–Crippen LogP) is 8.53. The van der Waals surface area contributed by atoms with Crippen LogP contribution in [0.15, 0.2) is 150 Å². The van der Waals surface area contributed by atoms with Crippen molar-refractivity contribution in [2.24, 2.45) is 0 Å². The van der Waals surface area contributed by atoms with Crippen molar-refractivity contribution in [2.45, 2.75) is 57.1 Å². The number of halogens is 1. The topological polar surface area (TPSA) is 55.4 Å². The molecule has 0 amide bonds. The summed E-state index contributed by atoms with van der Waals surface area (Å²) in [7, 11) is 0. The van der Waals surface area contributed by atoms with Crippen LogP contribution in [-0.4, -0.2) is 37.3 Å². The van der Waals surface area contributed by atoms with Crippen molar-refractivity contribution >= 4 is 15.9 Å². The Morgan fingerprint density at radius 2 is 0.894 bits per heavy atom. The zero-order valence-corrected chi connectivity index (χ0v) is 27.7. The zero-order valence-electron chi connectivity index (χ0n) is 26.1. The minimum Gasteiger partial charge on any atom is -0.462 e. The Kier molecular flexibility index (Phi) is 12.2. The first-order valence-electron chi connectivity index (χ1n) is 15.9. The molecule has 5 aromatic rings. The van der Waals surface area contributed by atoms with Gasteiger partial charge in [-0.25, -0.2) is 0 Å². The van der Waals surface area contributed by atoms with Gasteiger partial charge >= 0.3 is 0 Å². The Balaban J connectivity index is 1.31. The van der Waals surface area contributed by atoms with Crippen molar-refractivity contribution in [3.8, 4) is 5.75 Å². The molecular weight excluding hydrogens is 656 g/mol. The Morgan fingerprint density at radius 3 is 1.38 bits per heavy atom. The van der Waals surface area contributed by atoms with Gasteiger partial charge in [-0.05, 0) is 46.5 Å². The fourth-order valence-corrected chi connectivity index (χ4v) is 5.75. The van der Waals surface area contributed by atoms with E-state index < -0.39 is 30.7 Å². The van der Waals surface area contributed by atoms with Gasteiger partial charge in [0, 0.05) is 4.47 Å². The van der Waals surface area contributed by atoms with Crippen LogP contribution < -0.4 is 4.74 Å². The molecule has 1 heterocycles. The van der Waals surface area contributed by atoms with Gasteiger partial charge in [0.05, 0.1) is 33.0 Å². The van der Waals surface area contributed by atoms with Gasteiger partial charge in [-0.1, -0.05) is 137 Å². The van der Waals surface area contributed by atoms with Gasteiger partial charge in [0.15, 0.2) is 0 Å². The molecule has 0 saturated carbocycles. The van der Waals surface area contributed by atoms with Crippen LogP contribution in [-0.2, 0) is 50.1 Å². The highest BCUT2D eigenvalue weighted by molar-refractivity contribution is 9.10. The minimum absolute atomic E-state index is 0.269. The molecule has 7 heteroatoms. The lowest BCUT2D eigenvalue weighted by Gasteiger charge is -2.45. The van der Waals surface area contributed by atoms with Crippen molar-refractivity contribution < 1.29 is 28.4 Å². The Morgan fingerprint density at radius 1 is 0.468 bits per heavy atom. The molecule has 6 nitrogen and oxygen atoms in total. The number of hydrogen-bond donors (Lipinski definition) is 0. The second-order valence-electron chi connectivity index (χ2n) is 11.4. The molecule has 242 valence electrons. The average molecular weight is 696 g/mol. The van der Waals surface area contributed by atoms with Gasteiger partial charge < -0.3 is 28.4 Å². The molecule has 5 aromatic carbocycles. The molecule has 0 aliphatic carbocycles. The summed E-state index contributed by atoms with van der Waals surface area (Å²) in [4.78, 5) is 0. The van der Waals surface area contributed by atoms with Crippen molar-refractivity contribution in [3.05, 3.63) is 172 Å². The average Bonchev–Trinajstić information content (AvgIpc) is 3.12. The molecule has 1 saturated heterocycles. The maximum absolute atomic E-state index is 6.78. The van der Waals surface area contributed by atoms with Gasteiger partial charge in [-0.3, -0.25) is 0 Å². The van der Waals surface area contributed by atoms with E-state index in [-0.39, 0.29) is 6.61 Å². The van der Waals surface area contributed by atoms with Crippen molar-refractivity contribution in [1.82, 2.24) is 0 Å². The molecule has 0 N–H and O–H groups in total. The molecule has 1 fully saturated rings. The first-order valence-corrected chi connectivity index (χ1v) is 16.7. The van der Waals surface area contributed by atoms with E-state index >= 15 is 0 Å². The molecule has 47 heavy (non-hydrogen) atoms.